The second kappa shape index (κ2) is 33.4. The number of carbonyl (C=O) groups is 5. The first kappa shape index (κ1) is 79.4. The molecule has 0 atom stereocenters. The van der Waals surface area contributed by atoms with E-state index in [1.807, 2.05) is 84.9 Å². The number of hydrogen-bond donors (Lipinski definition) is 12. The molecule has 0 saturated heterocycles. The van der Waals surface area contributed by atoms with Crippen LogP contribution < -0.4 is 44.2 Å². The summed E-state index contributed by atoms with van der Waals surface area (Å²) < 4.78 is 69.6. The number of pyridine rings is 1. The lowest BCUT2D eigenvalue weighted by Gasteiger charge is -2.11. The fourth-order valence-corrected chi connectivity index (χ4v) is 13.1. The smallest absolute Gasteiger partial charge is 0.280 e. The molecule has 0 spiro atoms. The van der Waals surface area contributed by atoms with Crippen LogP contribution in [0.2, 0.25) is 0 Å². The third-order valence-electron chi connectivity index (χ3n) is 17.2. The van der Waals surface area contributed by atoms with Crippen LogP contribution in [0.3, 0.4) is 0 Å². The molecule has 16 N–H and O–H groups in total. The molecule has 9 heterocycles. The molecule has 0 aliphatic heterocycles. The van der Waals surface area contributed by atoms with Crippen LogP contribution in [0, 0.1) is 0 Å². The van der Waals surface area contributed by atoms with Crippen molar-refractivity contribution in [3.05, 3.63) is 247 Å². The Bertz CT molecular complexity index is 6670. The summed E-state index contributed by atoms with van der Waals surface area (Å²) in [5, 5.41) is 19.2. The number of carbonyl (C=O) groups excluding carboxylic acids is 5. The second-order valence-corrected chi connectivity index (χ2v) is 31.9. The number of para-hydroxylation sites is 5. The Balaban J connectivity index is 0.000000135. The van der Waals surface area contributed by atoms with Gasteiger partial charge >= 0.3 is 0 Å². The highest BCUT2D eigenvalue weighted by Crippen LogP contribution is 2.29. The fraction of sp³-hybridized carbons (Fsp3) is 0.0641. The number of fused-ring (bicyclic) bond motifs is 4. The number of nitrogens with one attached hydrogen (secondary N) is 8. The number of benzene rings is 7. The predicted molar refractivity (Wildman–Crippen MR) is 441 cm³/mol. The van der Waals surface area contributed by atoms with Crippen LogP contribution in [0.1, 0.15) is 52.3 Å². The number of amides is 5. The predicted octanol–water partition coefficient (Wildman–Crippen LogP) is 9.33. The van der Waals surface area contributed by atoms with Crippen molar-refractivity contribution in [2.24, 2.45) is 0 Å². The molecule has 588 valence electrons. The van der Waals surface area contributed by atoms with E-state index in [9.17, 15) is 49.2 Å². The summed E-state index contributed by atoms with van der Waals surface area (Å²) in [5.41, 5.74) is 32.3. The van der Waals surface area contributed by atoms with Crippen molar-refractivity contribution in [2.75, 3.05) is 77.1 Å². The van der Waals surface area contributed by atoms with Gasteiger partial charge in [-0.25, -0.2) is 80.1 Å². The lowest BCUT2D eigenvalue weighted by Crippen LogP contribution is -2.21. The minimum Gasteiger partial charge on any atom is -0.382 e. The molecular weight excluding hydrogens is 1560 g/mol. The average molecular weight is 1630 g/mol. The molecule has 0 unspecified atom stereocenters. The van der Waals surface area contributed by atoms with Crippen LogP contribution in [0.4, 0.5) is 46.8 Å². The standard InChI is InChI=1S/C21H19N7O2.3C19H16N6O3S/c1-28(2)20(30)13-9-7-12(8-10-13)16-11-23-18(22)17(24-16)19(29)27-21-25-14-5-3-4-6-15(14)26-21;1-29(27,28)13-5-2-11(3-6-13)14-10-22-17(20)16(23-14)19(26)25-15-7-4-12-8-9-21-18(12)24-15;1-29(27,28)12-8-6-11(7-9-12)15-10-21-17(20)16(22-15)18(26)25-19-23-13-4-2-3-5-14(13)24-19;1-29(27,28)12-8-6-11(7-9-12)15-10-21-17(20)16(22-15)19(26)23-18-13-4-2-3-5-14(13)24-25-18/h3-11H,1-2H3,(H2,22,23)(H2,25,26,27,29);2-10H,1H3,(H2,20,22)(H2,21,24,25,26);2*2-10H,1H3,(H2,20,21)(H2,23,24,25,26). The number of imidazole rings is 2. The van der Waals surface area contributed by atoms with Gasteiger partial charge in [0.2, 0.25) is 11.9 Å². The largest absolute Gasteiger partial charge is 0.382 e. The second-order valence-electron chi connectivity index (χ2n) is 25.9. The van der Waals surface area contributed by atoms with E-state index in [0.717, 1.165) is 51.6 Å². The summed E-state index contributed by atoms with van der Waals surface area (Å²) >= 11 is 0. The zero-order valence-electron chi connectivity index (χ0n) is 62.1. The Labute approximate surface area is 664 Å². The Morgan fingerprint density at radius 3 is 1.13 bits per heavy atom. The summed E-state index contributed by atoms with van der Waals surface area (Å²) in [6.07, 6.45) is 10.9. The molecule has 0 fully saturated rings. The molecule has 9 aromatic heterocycles. The van der Waals surface area contributed by atoms with Crippen molar-refractivity contribution in [2.45, 2.75) is 14.7 Å². The first-order valence-electron chi connectivity index (χ1n) is 34.6. The van der Waals surface area contributed by atoms with E-state index in [1.165, 1.54) is 66.1 Å². The molecule has 0 bridgehead atoms. The summed E-state index contributed by atoms with van der Waals surface area (Å²) in [7, 11) is -6.54. The van der Waals surface area contributed by atoms with Crippen LogP contribution in [-0.4, -0.2) is 173 Å². The highest BCUT2D eigenvalue weighted by Gasteiger charge is 2.23. The van der Waals surface area contributed by atoms with Gasteiger partial charge in [-0.15, -0.1) is 0 Å². The van der Waals surface area contributed by atoms with Crippen molar-refractivity contribution in [3.8, 4) is 45.0 Å². The van der Waals surface area contributed by atoms with E-state index in [2.05, 4.69) is 101 Å². The molecule has 39 heteroatoms. The maximum Gasteiger partial charge on any atom is 0.280 e. The van der Waals surface area contributed by atoms with Crippen molar-refractivity contribution >= 4 is 150 Å². The Kier molecular flexibility index (Phi) is 22.6. The van der Waals surface area contributed by atoms with Gasteiger partial charge < -0.3 is 53.4 Å². The average Bonchev–Trinajstić information content (AvgIpc) is 1.65. The van der Waals surface area contributed by atoms with E-state index in [1.54, 1.807) is 87.0 Å². The number of nitrogens with zero attached hydrogens (tertiary/aromatic N) is 13. The minimum absolute atomic E-state index is 0.00627. The lowest BCUT2D eigenvalue weighted by molar-refractivity contribution is 0.0826. The number of H-pyrrole nitrogens is 4. The van der Waals surface area contributed by atoms with Gasteiger partial charge in [-0.1, -0.05) is 84.9 Å². The molecule has 7 aromatic carbocycles. The highest BCUT2D eigenvalue weighted by atomic mass is 32.2. The van der Waals surface area contributed by atoms with Crippen LogP contribution >= 0.6 is 0 Å². The molecule has 0 saturated carbocycles. The number of aromatic nitrogens is 16. The number of nitrogen functional groups attached to an aromatic ring is 4. The van der Waals surface area contributed by atoms with E-state index in [4.69, 9.17) is 22.9 Å². The van der Waals surface area contributed by atoms with Gasteiger partial charge in [0.25, 0.3) is 29.5 Å². The molecule has 5 amide bonds. The Morgan fingerprint density at radius 2 is 0.744 bits per heavy atom. The number of sulfone groups is 3. The van der Waals surface area contributed by atoms with Gasteiger partial charge in [-0.3, -0.25) is 39.7 Å². The molecule has 0 radical (unpaired) electrons. The molecular formula is C78H67N25O11S3. The summed E-state index contributed by atoms with van der Waals surface area (Å²) in [4.78, 5) is 120. The molecule has 16 rings (SSSR count). The van der Waals surface area contributed by atoms with E-state index in [-0.39, 0.29) is 72.6 Å². The van der Waals surface area contributed by atoms with Gasteiger partial charge in [0.15, 0.2) is 81.4 Å². The zero-order chi connectivity index (χ0) is 83.0. The lowest BCUT2D eigenvalue weighted by atomic mass is 10.1. The van der Waals surface area contributed by atoms with Gasteiger partial charge in [0, 0.05) is 77.6 Å². The number of aromatic amines is 4. The van der Waals surface area contributed by atoms with Gasteiger partial charge in [-0.05, 0) is 103 Å². The fourth-order valence-electron chi connectivity index (χ4n) is 11.2. The molecule has 0 aliphatic rings. The summed E-state index contributed by atoms with van der Waals surface area (Å²) in [5.74, 6) is -1.13. The van der Waals surface area contributed by atoms with Crippen molar-refractivity contribution in [1.82, 2.24) is 84.9 Å². The summed E-state index contributed by atoms with van der Waals surface area (Å²) in [6.45, 7) is 0. The third kappa shape index (κ3) is 18.8. The van der Waals surface area contributed by atoms with Crippen LogP contribution in [0.5, 0.6) is 0 Å². The quantitative estimate of drug-likeness (QED) is 0.0428. The first-order chi connectivity index (χ1) is 55.9. The molecule has 0 aliphatic carbocycles. The monoisotopic (exact) mass is 1630 g/mol. The van der Waals surface area contributed by atoms with Crippen molar-refractivity contribution in [3.63, 3.8) is 0 Å². The summed E-state index contributed by atoms with van der Waals surface area (Å²) in [6, 6.07) is 52.8. The topological polar surface area (TPSA) is 561 Å². The number of rotatable bonds is 16. The van der Waals surface area contributed by atoms with E-state index in [0.29, 0.717) is 79.3 Å². The number of hydrogen-bond acceptors (Lipinski definition) is 27. The minimum atomic E-state index is -3.31. The maximum atomic E-state index is 12.7. The first-order valence-corrected chi connectivity index (χ1v) is 40.3. The van der Waals surface area contributed by atoms with Crippen LogP contribution in [0.25, 0.3) is 89.0 Å². The third-order valence-corrected chi connectivity index (χ3v) is 20.6. The highest BCUT2D eigenvalue weighted by molar-refractivity contribution is 7.91. The Hall–Kier alpha value is -15.6. The zero-order valence-corrected chi connectivity index (χ0v) is 64.6. The molecule has 16 aromatic rings. The maximum absolute atomic E-state index is 12.7. The number of anilines is 8. The van der Waals surface area contributed by atoms with E-state index >= 15 is 0 Å². The molecule has 36 nitrogen and oxygen atoms in total. The van der Waals surface area contributed by atoms with Gasteiger partial charge in [0.1, 0.15) is 11.5 Å². The van der Waals surface area contributed by atoms with Gasteiger partial charge in [0.05, 0.1) is 89.8 Å². The molecule has 117 heavy (non-hydrogen) atoms. The van der Waals surface area contributed by atoms with Crippen molar-refractivity contribution < 1.29 is 49.2 Å². The van der Waals surface area contributed by atoms with Gasteiger partial charge in [-0.2, -0.15) is 5.10 Å². The van der Waals surface area contributed by atoms with Crippen molar-refractivity contribution in [1.29, 1.82) is 0 Å². The SMILES string of the molecule is CN(C)C(=O)c1ccc(-c2cnc(N)c(C(=O)Nc3nc4ccccc4[nH]3)n2)cc1.CS(=O)(=O)c1ccc(-c2cnc(N)c(C(=O)Nc3ccc4cc[nH]c4n3)n2)cc1.CS(=O)(=O)c1ccc(-c2cnc(N)c(C(=O)Nc3n[nH]c4ccccc34)n2)cc1.CS(=O)(=O)c1ccc(-c2cnc(N)c(C(=O)Nc3nc4ccccc4[nH]3)n2)cc1. The number of nitrogens with two attached hydrogens (primary N) is 4. The Morgan fingerprint density at radius 1 is 0.385 bits per heavy atom. The van der Waals surface area contributed by atoms with Crippen LogP contribution in [-0.2, 0) is 29.5 Å². The van der Waals surface area contributed by atoms with E-state index < -0.39 is 53.1 Å². The van der Waals surface area contributed by atoms with Crippen LogP contribution in [0.15, 0.2) is 234 Å². The normalized spacial score (nSPS) is 11.3.